The van der Waals surface area contributed by atoms with E-state index in [4.69, 9.17) is 51.4 Å². The Hall–Kier alpha value is -4.95. The summed E-state index contributed by atoms with van der Waals surface area (Å²) in [5.41, 5.74) is 19.0. The molecule has 2 saturated heterocycles. The highest BCUT2D eigenvalue weighted by atomic mass is 35.5. The van der Waals surface area contributed by atoms with E-state index >= 15 is 0 Å². The fourth-order valence-electron chi connectivity index (χ4n) is 6.66. The molecule has 6 N–H and O–H groups in total. The second kappa shape index (κ2) is 17.2. The summed E-state index contributed by atoms with van der Waals surface area (Å²) >= 11 is 17.7. The molecule has 55 heavy (non-hydrogen) atoms. The maximum atomic E-state index is 13.3. The van der Waals surface area contributed by atoms with Crippen molar-refractivity contribution in [1.29, 1.82) is 0 Å². The van der Waals surface area contributed by atoms with Gasteiger partial charge in [0.25, 0.3) is 5.91 Å². The number of hydrogen-bond donors (Lipinski definition) is 4. The van der Waals surface area contributed by atoms with E-state index in [-0.39, 0.29) is 23.2 Å². The van der Waals surface area contributed by atoms with Crippen molar-refractivity contribution in [2.24, 2.45) is 0 Å². The Bertz CT molecular complexity index is 2280. The third kappa shape index (κ3) is 9.30. The molecule has 0 saturated carbocycles. The molecule has 288 valence electrons. The molecule has 0 radical (unpaired) electrons. The Morgan fingerprint density at radius 1 is 0.764 bits per heavy atom. The molecule has 2 aromatic carbocycles. The molecule has 1 amide bonds. The van der Waals surface area contributed by atoms with Crippen LogP contribution in [0, 0.1) is 20.8 Å². The molecule has 6 heterocycles. The van der Waals surface area contributed by atoms with Gasteiger partial charge in [-0.2, -0.15) is 10.2 Å². The zero-order chi connectivity index (χ0) is 39.4. The van der Waals surface area contributed by atoms with Gasteiger partial charge in [0.2, 0.25) is 0 Å². The van der Waals surface area contributed by atoms with Crippen LogP contribution >= 0.6 is 34.8 Å². The molecule has 2 fully saturated rings. The van der Waals surface area contributed by atoms with Crippen molar-refractivity contribution in [3.8, 4) is 0 Å². The molecule has 0 aliphatic carbocycles. The highest BCUT2D eigenvalue weighted by Crippen LogP contribution is 2.33. The molecule has 0 bridgehead atoms. The zero-order valence-corrected chi connectivity index (χ0v) is 33.0. The lowest BCUT2D eigenvalue weighted by Crippen LogP contribution is -2.39. The van der Waals surface area contributed by atoms with Crippen LogP contribution in [-0.2, 0) is 0 Å². The number of aryl methyl sites for hydroxylation is 3. The van der Waals surface area contributed by atoms with Gasteiger partial charge in [0.05, 0.1) is 34.6 Å². The van der Waals surface area contributed by atoms with Gasteiger partial charge in [0.15, 0.2) is 11.3 Å². The van der Waals surface area contributed by atoms with Crippen LogP contribution < -0.4 is 16.8 Å². The highest BCUT2D eigenvalue weighted by molar-refractivity contribution is 6.31. The van der Waals surface area contributed by atoms with Gasteiger partial charge >= 0.3 is 5.97 Å². The number of amides is 1. The summed E-state index contributed by atoms with van der Waals surface area (Å²) in [7, 11) is 0. The molecule has 4 aromatic heterocycles. The molecule has 13 nitrogen and oxygen atoms in total. The van der Waals surface area contributed by atoms with Crippen LogP contribution in [0.5, 0.6) is 0 Å². The maximum Gasteiger partial charge on any atom is 0.337 e. The number of nitrogen functional groups attached to an aromatic ring is 2. The van der Waals surface area contributed by atoms with E-state index in [9.17, 15) is 9.59 Å². The second-order valence-electron chi connectivity index (χ2n) is 13.8. The Labute approximate surface area is 333 Å². The SMILES string of the molecule is Cc1ccc(N)c(C(=O)N2CCCC[C@H]2c2cc3nc(Cl)c(C)cn3n2)c1.Cc1cn2nc([C@@H]3CCCCN3)cc2nc1Cl.Nc1ccc(Cl)cc1C(=O)O. The lowest BCUT2D eigenvalue weighted by atomic mass is 9.97. The number of piperidine rings is 2. The van der Waals surface area contributed by atoms with Gasteiger partial charge in [-0.3, -0.25) is 4.79 Å². The van der Waals surface area contributed by atoms with Crippen molar-refractivity contribution in [2.45, 2.75) is 71.4 Å². The standard InChI is InChI=1S/C20H22ClN5O.C12H15ClN4.C7H6ClNO2/c1-12-6-7-15(22)14(9-12)20(27)25-8-4-3-5-17(25)16-10-18-23-19(21)13(2)11-26(18)24-16;1-8-7-17-11(15-12(8)13)6-10(16-17)9-4-2-3-5-14-9;8-4-1-2-6(9)5(3-4)7(10)11/h6-7,9-11,17H,3-5,8,22H2,1-2H3;6-7,9,14H,2-5H2,1H3;1-3H,9H2,(H,10,11)/t17-;9-;/m00./s1. The number of nitrogens with two attached hydrogens (primary N) is 2. The number of benzene rings is 2. The van der Waals surface area contributed by atoms with Gasteiger partial charge < -0.3 is 26.8 Å². The van der Waals surface area contributed by atoms with Crippen molar-refractivity contribution in [3.63, 3.8) is 0 Å². The Morgan fingerprint density at radius 2 is 1.36 bits per heavy atom. The molecule has 6 aromatic rings. The molecule has 0 spiro atoms. The van der Waals surface area contributed by atoms with Crippen molar-refractivity contribution in [3.05, 3.63) is 115 Å². The zero-order valence-electron chi connectivity index (χ0n) is 30.8. The number of anilines is 2. The number of halogens is 3. The first kappa shape index (κ1) is 39.7. The monoisotopic (exact) mass is 804 g/mol. The fourth-order valence-corrected chi connectivity index (χ4v) is 7.10. The predicted molar refractivity (Wildman–Crippen MR) is 216 cm³/mol. The summed E-state index contributed by atoms with van der Waals surface area (Å²) in [5.74, 6) is -1.11. The molecule has 8 rings (SSSR count). The summed E-state index contributed by atoms with van der Waals surface area (Å²) in [5, 5.41) is 22.7. The van der Waals surface area contributed by atoms with Gasteiger partial charge in [0.1, 0.15) is 10.3 Å². The maximum absolute atomic E-state index is 13.3. The third-order valence-electron chi connectivity index (χ3n) is 9.64. The van der Waals surface area contributed by atoms with Crippen LogP contribution in [0.15, 0.2) is 60.9 Å². The van der Waals surface area contributed by atoms with Crippen LogP contribution in [0.1, 0.15) is 99.4 Å². The van der Waals surface area contributed by atoms with Crippen LogP contribution in [0.2, 0.25) is 15.3 Å². The Kier molecular flexibility index (Phi) is 12.5. The van der Waals surface area contributed by atoms with E-state index in [1.54, 1.807) is 16.6 Å². The summed E-state index contributed by atoms with van der Waals surface area (Å²) in [6.45, 7) is 7.57. The highest BCUT2D eigenvalue weighted by Gasteiger charge is 2.31. The third-order valence-corrected chi connectivity index (χ3v) is 10.6. The minimum Gasteiger partial charge on any atom is -0.478 e. The molecule has 2 aliphatic heterocycles. The largest absolute Gasteiger partial charge is 0.478 e. The molecular weight excluding hydrogens is 763 g/mol. The van der Waals surface area contributed by atoms with Crippen molar-refractivity contribution < 1.29 is 14.7 Å². The smallest absolute Gasteiger partial charge is 0.337 e. The van der Waals surface area contributed by atoms with Crippen LogP contribution in [0.4, 0.5) is 11.4 Å². The molecular formula is C39H43Cl3N10O3. The van der Waals surface area contributed by atoms with Gasteiger partial charge in [-0.1, -0.05) is 52.9 Å². The summed E-state index contributed by atoms with van der Waals surface area (Å²) in [6.07, 6.45) is 10.4. The number of likely N-dealkylation sites (tertiary alicyclic amines) is 1. The van der Waals surface area contributed by atoms with E-state index < -0.39 is 5.97 Å². The number of carboxylic acids is 1. The lowest BCUT2D eigenvalue weighted by Gasteiger charge is -2.35. The van der Waals surface area contributed by atoms with E-state index in [1.165, 1.54) is 25.0 Å². The summed E-state index contributed by atoms with van der Waals surface area (Å²) in [4.78, 5) is 34.3. The minimum atomic E-state index is -1.06. The number of carbonyl (C=O) groups excluding carboxylic acids is 1. The molecule has 0 unspecified atom stereocenters. The van der Waals surface area contributed by atoms with E-state index in [0.29, 0.717) is 44.8 Å². The van der Waals surface area contributed by atoms with E-state index in [0.717, 1.165) is 66.0 Å². The van der Waals surface area contributed by atoms with Gasteiger partial charge in [-0.15, -0.1) is 0 Å². The molecule has 2 atom stereocenters. The molecule has 2 aliphatic rings. The summed E-state index contributed by atoms with van der Waals surface area (Å²) < 4.78 is 3.54. The number of nitrogens with zero attached hydrogens (tertiary/aromatic N) is 7. The number of nitrogens with one attached hydrogen (secondary N) is 1. The number of rotatable bonds is 4. The average Bonchev–Trinajstić information content (AvgIpc) is 3.78. The molecule has 16 heteroatoms. The second-order valence-corrected chi connectivity index (χ2v) is 15.0. The van der Waals surface area contributed by atoms with E-state index in [2.05, 4.69) is 25.5 Å². The number of aromatic carboxylic acids is 1. The first-order valence-electron chi connectivity index (χ1n) is 18.0. The van der Waals surface area contributed by atoms with E-state index in [1.807, 2.05) is 66.8 Å². The quantitative estimate of drug-likeness (QED) is 0.100. The number of carboxylic acid groups (broad SMARTS) is 1. The number of hydrogen-bond acceptors (Lipinski definition) is 9. The number of fused-ring (bicyclic) bond motifs is 2. The van der Waals surface area contributed by atoms with Gasteiger partial charge in [-0.25, -0.2) is 23.8 Å². The predicted octanol–water partition coefficient (Wildman–Crippen LogP) is 8.08. The van der Waals surface area contributed by atoms with Gasteiger partial charge in [-0.05, 0) is 89.8 Å². The number of aromatic nitrogens is 6. The summed E-state index contributed by atoms with van der Waals surface area (Å²) in [6, 6.07) is 14.1. The van der Waals surface area contributed by atoms with Crippen LogP contribution in [-0.4, -0.2) is 64.2 Å². The first-order chi connectivity index (χ1) is 26.3. The first-order valence-corrected chi connectivity index (χ1v) is 19.2. The van der Waals surface area contributed by atoms with Crippen molar-refractivity contribution in [1.82, 2.24) is 39.4 Å². The van der Waals surface area contributed by atoms with Crippen LogP contribution in [0.3, 0.4) is 0 Å². The van der Waals surface area contributed by atoms with Crippen molar-refractivity contribution in [2.75, 3.05) is 24.6 Å². The minimum absolute atomic E-state index is 0.0394. The van der Waals surface area contributed by atoms with Crippen LogP contribution in [0.25, 0.3) is 11.3 Å². The lowest BCUT2D eigenvalue weighted by molar-refractivity contribution is 0.0606. The fraction of sp³-hybridized carbons (Fsp3) is 0.333. The number of carbonyl (C=O) groups is 2. The Morgan fingerprint density at radius 3 is 1.98 bits per heavy atom. The normalized spacial score (nSPS) is 16.9. The topological polar surface area (TPSA) is 182 Å². The van der Waals surface area contributed by atoms with Crippen molar-refractivity contribution >= 4 is 69.3 Å². The van der Waals surface area contributed by atoms with Gasteiger partial charge in [0, 0.05) is 58.6 Å². The Balaban J connectivity index is 0.000000156. The average molecular weight is 806 g/mol.